The van der Waals surface area contributed by atoms with Crippen molar-refractivity contribution in [3.05, 3.63) is 24.0 Å². The maximum atomic E-state index is 12.3. The molecule has 114 valence electrons. The Bertz CT molecular complexity index is 656. The number of pyridine rings is 1. The molecule has 3 N–H and O–H groups in total. The zero-order valence-electron chi connectivity index (χ0n) is 11.9. The Hall–Kier alpha value is -1.07. The van der Waals surface area contributed by atoms with Crippen molar-refractivity contribution in [3.8, 4) is 11.8 Å². The molecule has 0 spiro atoms. The Morgan fingerprint density at radius 1 is 1.52 bits per heavy atom. The predicted octanol–water partition coefficient (Wildman–Crippen LogP) is 0.956. The minimum Gasteiger partial charge on any atom is -0.320 e. The number of nitrogens with two attached hydrogens (primary N) is 1. The molecule has 0 amide bonds. The summed E-state index contributed by atoms with van der Waals surface area (Å²) in [6.45, 7) is 2.75. The fourth-order valence-corrected chi connectivity index (χ4v) is 4.59. The van der Waals surface area contributed by atoms with Gasteiger partial charge in [-0.1, -0.05) is 11.8 Å². The zero-order chi connectivity index (χ0) is 15.3. The molecular formula is C14H19N3O2S2. The summed E-state index contributed by atoms with van der Waals surface area (Å²) < 4.78 is 27.3. The Morgan fingerprint density at radius 3 is 3.00 bits per heavy atom. The lowest BCUT2D eigenvalue weighted by Crippen LogP contribution is -2.36. The van der Waals surface area contributed by atoms with Crippen LogP contribution in [-0.4, -0.2) is 37.0 Å². The molecule has 1 atom stereocenters. The van der Waals surface area contributed by atoms with E-state index in [1.54, 1.807) is 0 Å². The molecule has 1 saturated heterocycles. The third-order valence-electron chi connectivity index (χ3n) is 3.29. The minimum absolute atomic E-state index is 0.0164. The highest BCUT2D eigenvalue weighted by atomic mass is 32.2. The van der Waals surface area contributed by atoms with E-state index in [2.05, 4.69) is 28.5 Å². The summed E-state index contributed by atoms with van der Waals surface area (Å²) in [5.41, 5.74) is 5.85. The lowest BCUT2D eigenvalue weighted by Gasteiger charge is -2.22. The van der Waals surface area contributed by atoms with Gasteiger partial charge in [0.25, 0.3) is 0 Å². The van der Waals surface area contributed by atoms with Crippen LogP contribution in [0.5, 0.6) is 0 Å². The summed E-state index contributed by atoms with van der Waals surface area (Å²) in [7, 11) is -3.56. The quantitative estimate of drug-likeness (QED) is 0.805. The molecule has 0 saturated carbocycles. The average Bonchev–Trinajstić information content (AvgIpc) is 2.91. The van der Waals surface area contributed by atoms with Crippen molar-refractivity contribution in [2.45, 2.75) is 29.4 Å². The van der Waals surface area contributed by atoms with Gasteiger partial charge in [0.1, 0.15) is 4.90 Å². The van der Waals surface area contributed by atoms with E-state index in [0.29, 0.717) is 12.1 Å². The molecule has 1 aromatic heterocycles. The van der Waals surface area contributed by atoms with Gasteiger partial charge >= 0.3 is 0 Å². The fourth-order valence-electron chi connectivity index (χ4n) is 2.09. The number of hydrogen-bond donors (Lipinski definition) is 2. The van der Waals surface area contributed by atoms with Crippen LogP contribution in [0.2, 0.25) is 0 Å². The van der Waals surface area contributed by atoms with Crippen LogP contribution in [0.3, 0.4) is 0 Å². The van der Waals surface area contributed by atoms with Crippen LogP contribution in [0.15, 0.2) is 23.4 Å². The van der Waals surface area contributed by atoms with Crippen molar-refractivity contribution < 1.29 is 8.42 Å². The summed E-state index contributed by atoms with van der Waals surface area (Å²) in [6.07, 6.45) is 5.02. The Kier molecular flexibility index (Phi) is 5.27. The SMILES string of the molecule is CC1(CNS(=O)(=O)c2cncc(C#CCN)c2)CCCS1. The van der Waals surface area contributed by atoms with Gasteiger partial charge in [0.15, 0.2) is 0 Å². The van der Waals surface area contributed by atoms with Gasteiger partial charge in [-0.25, -0.2) is 13.1 Å². The van der Waals surface area contributed by atoms with Gasteiger partial charge in [-0.05, 0) is 31.6 Å². The highest BCUT2D eigenvalue weighted by Crippen LogP contribution is 2.37. The molecular weight excluding hydrogens is 306 g/mol. The van der Waals surface area contributed by atoms with Crippen LogP contribution in [0.25, 0.3) is 0 Å². The first-order valence-electron chi connectivity index (χ1n) is 6.73. The molecule has 2 heterocycles. The normalized spacial score (nSPS) is 21.8. The average molecular weight is 325 g/mol. The van der Waals surface area contributed by atoms with E-state index in [4.69, 9.17) is 5.73 Å². The third-order valence-corrected chi connectivity index (χ3v) is 6.20. The van der Waals surface area contributed by atoms with E-state index in [0.717, 1.165) is 18.6 Å². The van der Waals surface area contributed by atoms with E-state index in [9.17, 15) is 8.42 Å². The Labute approximate surface area is 130 Å². The van der Waals surface area contributed by atoms with Crippen LogP contribution in [0.4, 0.5) is 0 Å². The van der Waals surface area contributed by atoms with E-state index >= 15 is 0 Å². The molecule has 0 radical (unpaired) electrons. The van der Waals surface area contributed by atoms with E-state index in [1.165, 1.54) is 18.5 Å². The largest absolute Gasteiger partial charge is 0.320 e. The minimum atomic E-state index is -3.56. The van der Waals surface area contributed by atoms with Gasteiger partial charge in [0.05, 0.1) is 6.54 Å². The first-order chi connectivity index (χ1) is 9.95. The van der Waals surface area contributed by atoms with Crippen LogP contribution < -0.4 is 10.5 Å². The molecule has 1 aliphatic rings. The number of nitrogens with one attached hydrogen (secondary N) is 1. The van der Waals surface area contributed by atoms with E-state index < -0.39 is 10.0 Å². The molecule has 0 bridgehead atoms. The maximum absolute atomic E-state index is 12.3. The topological polar surface area (TPSA) is 85.1 Å². The van der Waals surface area contributed by atoms with Crippen LogP contribution >= 0.6 is 11.8 Å². The molecule has 1 unspecified atom stereocenters. The smallest absolute Gasteiger partial charge is 0.242 e. The van der Waals surface area contributed by atoms with E-state index in [1.807, 2.05) is 11.8 Å². The molecule has 1 fully saturated rings. The van der Waals surface area contributed by atoms with Crippen molar-refractivity contribution in [2.75, 3.05) is 18.8 Å². The molecule has 21 heavy (non-hydrogen) atoms. The molecule has 0 aliphatic carbocycles. The Morgan fingerprint density at radius 2 is 2.33 bits per heavy atom. The summed E-state index contributed by atoms with van der Waals surface area (Å²) >= 11 is 1.82. The number of aromatic nitrogens is 1. The number of nitrogens with zero attached hydrogens (tertiary/aromatic N) is 1. The van der Waals surface area contributed by atoms with Crippen molar-refractivity contribution in [1.82, 2.24) is 9.71 Å². The lowest BCUT2D eigenvalue weighted by atomic mass is 10.1. The fraction of sp³-hybridized carbons (Fsp3) is 0.500. The van der Waals surface area contributed by atoms with Crippen molar-refractivity contribution in [1.29, 1.82) is 0 Å². The molecule has 7 heteroatoms. The summed E-state index contributed by atoms with van der Waals surface area (Å²) in [5, 5.41) is 0. The van der Waals surface area contributed by atoms with Gasteiger partial charge in [-0.15, -0.1) is 0 Å². The van der Waals surface area contributed by atoms with Gasteiger partial charge in [0, 0.05) is 29.2 Å². The summed E-state index contributed by atoms with van der Waals surface area (Å²) in [4.78, 5) is 4.07. The first-order valence-corrected chi connectivity index (χ1v) is 9.20. The monoisotopic (exact) mass is 325 g/mol. The van der Waals surface area contributed by atoms with Crippen LogP contribution in [0, 0.1) is 11.8 Å². The number of hydrogen-bond acceptors (Lipinski definition) is 5. The molecule has 0 aromatic carbocycles. The van der Waals surface area contributed by atoms with Crippen LogP contribution in [0.1, 0.15) is 25.3 Å². The molecule has 1 aromatic rings. The lowest BCUT2D eigenvalue weighted by molar-refractivity contribution is 0.552. The summed E-state index contributed by atoms with van der Waals surface area (Å²) in [6, 6.07) is 1.52. The number of rotatable bonds is 4. The van der Waals surface area contributed by atoms with Gasteiger partial charge in [0.2, 0.25) is 10.0 Å². The Balaban J connectivity index is 2.12. The number of sulfonamides is 1. The van der Waals surface area contributed by atoms with Crippen molar-refractivity contribution >= 4 is 21.8 Å². The summed E-state index contributed by atoms with van der Waals surface area (Å²) in [5.74, 6) is 6.56. The van der Waals surface area contributed by atoms with Gasteiger partial charge in [-0.2, -0.15) is 11.8 Å². The van der Waals surface area contributed by atoms with Gasteiger partial charge < -0.3 is 5.73 Å². The standard InChI is InChI=1S/C14H19N3O2S2/c1-14(5-3-7-20-14)11-17-21(18,19)13-8-12(4-2-6-15)9-16-10-13/h8-10,17H,3,5-7,11,15H2,1H3. The van der Waals surface area contributed by atoms with Gasteiger partial charge in [-0.3, -0.25) is 4.98 Å². The molecule has 2 rings (SSSR count). The predicted molar refractivity (Wildman–Crippen MR) is 85.5 cm³/mol. The first kappa shape index (κ1) is 16.3. The number of thioether (sulfide) groups is 1. The molecule has 1 aliphatic heterocycles. The zero-order valence-corrected chi connectivity index (χ0v) is 13.6. The third kappa shape index (κ3) is 4.45. The van der Waals surface area contributed by atoms with Crippen molar-refractivity contribution in [2.24, 2.45) is 5.73 Å². The second kappa shape index (κ2) is 6.79. The second-order valence-corrected chi connectivity index (χ2v) is 8.59. The highest BCUT2D eigenvalue weighted by Gasteiger charge is 2.31. The van der Waals surface area contributed by atoms with Crippen LogP contribution in [-0.2, 0) is 10.0 Å². The van der Waals surface area contributed by atoms with E-state index in [-0.39, 0.29) is 16.2 Å². The highest BCUT2D eigenvalue weighted by molar-refractivity contribution is 8.01. The maximum Gasteiger partial charge on any atom is 0.242 e. The second-order valence-electron chi connectivity index (χ2n) is 5.14. The van der Waals surface area contributed by atoms with Crippen molar-refractivity contribution in [3.63, 3.8) is 0 Å². The molecule has 5 nitrogen and oxygen atoms in total.